The lowest BCUT2D eigenvalue weighted by Gasteiger charge is -2.37. The van der Waals surface area contributed by atoms with Gasteiger partial charge in [0.05, 0.1) is 0 Å². The number of likely N-dealkylation sites (tertiary alicyclic amines) is 2. The Bertz CT molecular complexity index is 708. The van der Waals surface area contributed by atoms with Crippen molar-refractivity contribution in [3.8, 4) is 0 Å². The molecule has 0 bridgehead atoms. The average Bonchev–Trinajstić information content (AvgIpc) is 2.75. The minimum absolute atomic E-state index is 0.00551. The highest BCUT2D eigenvalue weighted by atomic mass is 19.1. The summed E-state index contributed by atoms with van der Waals surface area (Å²) in [5.41, 5.74) is 1.37. The van der Waals surface area contributed by atoms with Crippen molar-refractivity contribution in [2.45, 2.75) is 52.5 Å². The minimum Gasteiger partial charge on any atom is -0.352 e. The van der Waals surface area contributed by atoms with Crippen molar-refractivity contribution in [3.05, 3.63) is 35.1 Å². The fourth-order valence-corrected chi connectivity index (χ4v) is 4.42. The monoisotopic (exact) mass is 403 g/mol. The van der Waals surface area contributed by atoms with Gasteiger partial charge in [0.2, 0.25) is 11.8 Å². The van der Waals surface area contributed by atoms with E-state index in [1.807, 2.05) is 11.0 Å². The molecule has 1 N–H and O–H groups in total. The molecule has 3 rings (SSSR count). The van der Waals surface area contributed by atoms with Crippen LogP contribution < -0.4 is 5.32 Å². The van der Waals surface area contributed by atoms with Gasteiger partial charge in [-0.05, 0) is 75.9 Å². The molecule has 1 aromatic carbocycles. The largest absolute Gasteiger partial charge is 0.352 e. The number of carbonyl (C=O) groups is 2. The van der Waals surface area contributed by atoms with Crippen LogP contribution in [0.3, 0.4) is 0 Å². The number of benzene rings is 1. The molecule has 2 aliphatic rings. The highest BCUT2D eigenvalue weighted by molar-refractivity contribution is 5.81. The molecular weight excluding hydrogens is 369 g/mol. The summed E-state index contributed by atoms with van der Waals surface area (Å²) in [5.74, 6) is 0.107. The lowest BCUT2D eigenvalue weighted by Crippen LogP contribution is -2.47. The number of rotatable bonds is 6. The normalized spacial score (nSPS) is 19.3. The molecule has 0 unspecified atom stereocenters. The van der Waals surface area contributed by atoms with Crippen LogP contribution in [0.5, 0.6) is 0 Å². The zero-order valence-electron chi connectivity index (χ0n) is 17.8. The molecule has 0 saturated carbocycles. The van der Waals surface area contributed by atoms with E-state index in [1.54, 1.807) is 13.0 Å². The van der Waals surface area contributed by atoms with Crippen LogP contribution in [0, 0.1) is 24.6 Å². The second kappa shape index (κ2) is 10.2. The molecule has 1 aromatic rings. The first-order valence-electron chi connectivity index (χ1n) is 11.0. The van der Waals surface area contributed by atoms with Crippen molar-refractivity contribution in [3.63, 3.8) is 0 Å². The number of nitrogens with zero attached hydrogens (tertiary/aromatic N) is 2. The number of amides is 2. The topological polar surface area (TPSA) is 52.7 Å². The van der Waals surface area contributed by atoms with E-state index in [0.717, 1.165) is 44.5 Å². The highest BCUT2D eigenvalue weighted by Crippen LogP contribution is 2.24. The van der Waals surface area contributed by atoms with E-state index in [4.69, 9.17) is 0 Å². The second-order valence-corrected chi connectivity index (χ2v) is 8.52. The van der Waals surface area contributed by atoms with Crippen molar-refractivity contribution >= 4 is 11.8 Å². The molecule has 0 aliphatic carbocycles. The van der Waals surface area contributed by atoms with Crippen LogP contribution in [0.2, 0.25) is 0 Å². The van der Waals surface area contributed by atoms with Gasteiger partial charge in [0.15, 0.2) is 0 Å². The Morgan fingerprint density at radius 2 is 1.72 bits per heavy atom. The van der Waals surface area contributed by atoms with Gasteiger partial charge < -0.3 is 15.1 Å². The number of piperidine rings is 2. The van der Waals surface area contributed by atoms with Gasteiger partial charge in [0.25, 0.3) is 0 Å². The molecule has 160 valence electrons. The van der Waals surface area contributed by atoms with Crippen LogP contribution in [-0.2, 0) is 16.1 Å². The van der Waals surface area contributed by atoms with Gasteiger partial charge in [-0.25, -0.2) is 4.39 Å². The second-order valence-electron chi connectivity index (χ2n) is 8.52. The van der Waals surface area contributed by atoms with Crippen LogP contribution in [0.15, 0.2) is 18.2 Å². The maximum absolute atomic E-state index is 13.6. The van der Waals surface area contributed by atoms with E-state index in [1.165, 1.54) is 6.07 Å². The Morgan fingerprint density at radius 3 is 2.34 bits per heavy atom. The molecular formula is C23H34FN3O2. The summed E-state index contributed by atoms with van der Waals surface area (Å²) >= 11 is 0. The van der Waals surface area contributed by atoms with Crippen LogP contribution in [0.4, 0.5) is 4.39 Å². The van der Waals surface area contributed by atoms with Gasteiger partial charge in [-0.2, -0.15) is 0 Å². The molecule has 2 fully saturated rings. The molecule has 0 aromatic heterocycles. The maximum atomic E-state index is 13.6. The van der Waals surface area contributed by atoms with Crippen molar-refractivity contribution in [2.24, 2.45) is 11.8 Å². The fourth-order valence-electron chi connectivity index (χ4n) is 4.42. The molecule has 0 spiro atoms. The zero-order valence-corrected chi connectivity index (χ0v) is 17.8. The predicted molar refractivity (Wildman–Crippen MR) is 112 cm³/mol. The Kier molecular flexibility index (Phi) is 7.64. The summed E-state index contributed by atoms with van der Waals surface area (Å²) in [5, 5.41) is 2.93. The zero-order chi connectivity index (χ0) is 20.8. The third-order valence-electron chi connectivity index (χ3n) is 6.36. The van der Waals surface area contributed by atoms with E-state index in [2.05, 4.69) is 17.1 Å². The van der Waals surface area contributed by atoms with E-state index in [9.17, 15) is 14.0 Å². The summed E-state index contributed by atoms with van der Waals surface area (Å²) in [4.78, 5) is 29.7. The van der Waals surface area contributed by atoms with Crippen LogP contribution in [0.1, 0.15) is 50.2 Å². The van der Waals surface area contributed by atoms with Crippen molar-refractivity contribution < 1.29 is 14.0 Å². The molecule has 2 saturated heterocycles. The minimum atomic E-state index is -0.246. The molecule has 0 atom stereocenters. The van der Waals surface area contributed by atoms with Crippen molar-refractivity contribution in [1.29, 1.82) is 0 Å². The van der Waals surface area contributed by atoms with Crippen LogP contribution in [-0.4, -0.2) is 54.3 Å². The Morgan fingerprint density at radius 1 is 1.07 bits per heavy atom. The first kappa shape index (κ1) is 21.8. The Hall–Kier alpha value is -1.95. The van der Waals surface area contributed by atoms with Crippen LogP contribution >= 0.6 is 0 Å². The van der Waals surface area contributed by atoms with E-state index >= 15 is 0 Å². The predicted octanol–water partition coefficient (Wildman–Crippen LogP) is 3.11. The van der Waals surface area contributed by atoms with Gasteiger partial charge >= 0.3 is 0 Å². The van der Waals surface area contributed by atoms with Crippen molar-refractivity contribution in [1.82, 2.24) is 15.1 Å². The van der Waals surface area contributed by atoms with E-state index < -0.39 is 0 Å². The smallest absolute Gasteiger partial charge is 0.225 e. The van der Waals surface area contributed by atoms with Gasteiger partial charge in [-0.3, -0.25) is 9.59 Å². The van der Waals surface area contributed by atoms with Gasteiger partial charge in [0.1, 0.15) is 5.82 Å². The number of hydrogen-bond acceptors (Lipinski definition) is 3. The summed E-state index contributed by atoms with van der Waals surface area (Å²) in [6, 6.07) is 5.04. The average molecular weight is 404 g/mol. The number of halogens is 1. The maximum Gasteiger partial charge on any atom is 0.225 e. The summed E-state index contributed by atoms with van der Waals surface area (Å²) < 4.78 is 13.6. The molecule has 29 heavy (non-hydrogen) atoms. The quantitative estimate of drug-likeness (QED) is 0.794. The first-order valence-corrected chi connectivity index (χ1v) is 11.0. The Balaban J connectivity index is 1.41. The van der Waals surface area contributed by atoms with Gasteiger partial charge in [0, 0.05) is 31.5 Å². The lowest BCUT2D eigenvalue weighted by atomic mass is 9.91. The van der Waals surface area contributed by atoms with Crippen molar-refractivity contribution in [2.75, 3.05) is 32.7 Å². The van der Waals surface area contributed by atoms with E-state index in [0.29, 0.717) is 38.0 Å². The summed E-state index contributed by atoms with van der Waals surface area (Å²) in [7, 11) is 0. The van der Waals surface area contributed by atoms with Crippen LogP contribution in [0.25, 0.3) is 0 Å². The standard InChI is InChI=1S/C23H34FN3O2/c1-3-10-26-11-6-20(7-12-26)23(29)27-13-8-19(9-14-27)22(28)25-16-18-5-4-17(2)21(24)15-18/h4-5,15,19-20H,3,6-14,16H2,1-2H3,(H,25,28). The molecule has 0 radical (unpaired) electrons. The number of nitrogens with one attached hydrogen (secondary N) is 1. The Labute approximate surface area is 173 Å². The molecule has 2 aliphatic heterocycles. The number of hydrogen-bond donors (Lipinski definition) is 1. The van der Waals surface area contributed by atoms with Gasteiger partial charge in [-0.1, -0.05) is 19.1 Å². The van der Waals surface area contributed by atoms with E-state index in [-0.39, 0.29) is 29.5 Å². The summed E-state index contributed by atoms with van der Waals surface area (Å²) in [6.45, 7) is 8.72. The molecule has 2 amide bonds. The third-order valence-corrected chi connectivity index (χ3v) is 6.36. The third kappa shape index (κ3) is 5.78. The molecule has 6 heteroatoms. The number of carbonyl (C=O) groups excluding carboxylic acids is 2. The SMILES string of the molecule is CCCN1CCC(C(=O)N2CCC(C(=O)NCc3ccc(C)c(F)c3)CC2)CC1. The first-order chi connectivity index (χ1) is 14.0. The fraction of sp³-hybridized carbons (Fsp3) is 0.652. The number of aryl methyl sites for hydroxylation is 1. The lowest BCUT2D eigenvalue weighted by molar-refractivity contribution is -0.140. The highest BCUT2D eigenvalue weighted by Gasteiger charge is 2.32. The molecule has 5 nitrogen and oxygen atoms in total. The molecule has 2 heterocycles. The van der Waals surface area contributed by atoms with Gasteiger partial charge in [-0.15, -0.1) is 0 Å². The summed E-state index contributed by atoms with van der Waals surface area (Å²) in [6.07, 6.45) is 4.47.